The number of carbonyl (C=O) groups excluding carboxylic acids is 1. The minimum absolute atomic E-state index is 0.0475. The molecule has 1 saturated heterocycles. The molecule has 8 heteroatoms. The van der Waals surface area contributed by atoms with Gasteiger partial charge in [0.1, 0.15) is 11.6 Å². The molecule has 0 aliphatic carbocycles. The monoisotopic (exact) mass is 353 g/mol. The zero-order valence-electron chi connectivity index (χ0n) is 15.7. The van der Waals surface area contributed by atoms with Crippen LogP contribution in [0.5, 0.6) is 0 Å². The second-order valence-corrected chi connectivity index (χ2v) is 6.85. The average molecular weight is 353 g/mol. The molecule has 1 aliphatic heterocycles. The van der Waals surface area contributed by atoms with Gasteiger partial charge < -0.3 is 10.2 Å². The molecule has 1 aliphatic rings. The summed E-state index contributed by atoms with van der Waals surface area (Å²) in [6.45, 7) is 6.23. The van der Waals surface area contributed by atoms with Gasteiger partial charge in [0.25, 0.3) is 0 Å². The molecule has 3 heterocycles. The van der Waals surface area contributed by atoms with Gasteiger partial charge in [0.2, 0.25) is 5.91 Å². The molecule has 0 aromatic carbocycles. The number of hydrogen-bond acceptors (Lipinski definition) is 6. The van der Waals surface area contributed by atoms with Crippen molar-refractivity contribution in [3.05, 3.63) is 34.3 Å². The molecule has 0 unspecified atom stereocenters. The third-order valence-corrected chi connectivity index (χ3v) is 5.38. The lowest BCUT2D eigenvalue weighted by Gasteiger charge is -2.25. The Morgan fingerprint density at radius 2 is 2.04 bits per heavy atom. The normalized spacial score (nSPS) is 19.7. The van der Waals surface area contributed by atoms with Crippen LogP contribution in [0.15, 0.2) is 6.20 Å². The summed E-state index contributed by atoms with van der Waals surface area (Å²) in [4.78, 5) is 14.1. The molecule has 3 rings (SSSR count). The molecule has 0 bridgehead atoms. The second-order valence-electron chi connectivity index (χ2n) is 6.85. The number of rotatable bonds is 4. The first-order valence-corrected chi connectivity index (χ1v) is 8.57. The Morgan fingerprint density at radius 1 is 1.31 bits per heavy atom. The lowest BCUT2D eigenvalue weighted by molar-refractivity contribution is -0.127. The summed E-state index contributed by atoms with van der Waals surface area (Å²) in [6.07, 6.45) is 2.28. The van der Waals surface area contributed by atoms with E-state index in [4.69, 9.17) is 0 Å². The number of amides is 1. The molecule has 8 nitrogen and oxygen atoms in total. The maximum Gasteiger partial charge on any atom is 0.223 e. The first-order valence-electron chi connectivity index (χ1n) is 8.57. The second kappa shape index (κ2) is 6.75. The third kappa shape index (κ3) is 2.90. The summed E-state index contributed by atoms with van der Waals surface area (Å²) in [5.74, 6) is 0.640. The highest BCUT2D eigenvalue weighted by Crippen LogP contribution is 2.38. The fourth-order valence-electron chi connectivity index (χ4n) is 3.50. The molecule has 2 aromatic rings. The number of nitriles is 1. The molecule has 136 valence electrons. The maximum absolute atomic E-state index is 12.3. The largest absolute Gasteiger partial charge is 0.367 e. The van der Waals surface area contributed by atoms with E-state index in [0.717, 1.165) is 22.5 Å². The molecule has 2 atom stereocenters. The van der Waals surface area contributed by atoms with E-state index < -0.39 is 0 Å². The molecule has 0 radical (unpaired) electrons. The van der Waals surface area contributed by atoms with E-state index in [-0.39, 0.29) is 17.9 Å². The first kappa shape index (κ1) is 17.9. The van der Waals surface area contributed by atoms with Crippen molar-refractivity contribution >= 4 is 11.7 Å². The van der Waals surface area contributed by atoms with Gasteiger partial charge in [0, 0.05) is 44.2 Å². The predicted octanol–water partition coefficient (Wildman–Crippen LogP) is 1.64. The van der Waals surface area contributed by atoms with E-state index in [2.05, 4.69) is 26.7 Å². The van der Waals surface area contributed by atoms with Crippen LogP contribution in [-0.2, 0) is 11.8 Å². The number of anilines is 1. The summed E-state index contributed by atoms with van der Waals surface area (Å²) >= 11 is 0. The van der Waals surface area contributed by atoms with Crippen LogP contribution in [0.2, 0.25) is 0 Å². The van der Waals surface area contributed by atoms with Crippen molar-refractivity contribution in [2.75, 3.05) is 18.9 Å². The van der Waals surface area contributed by atoms with Crippen molar-refractivity contribution in [3.8, 4) is 6.07 Å². The molecule has 26 heavy (non-hydrogen) atoms. The van der Waals surface area contributed by atoms with E-state index in [0.29, 0.717) is 24.3 Å². The van der Waals surface area contributed by atoms with Crippen molar-refractivity contribution in [1.82, 2.24) is 24.9 Å². The van der Waals surface area contributed by atoms with Crippen LogP contribution >= 0.6 is 0 Å². The van der Waals surface area contributed by atoms with Crippen molar-refractivity contribution in [2.24, 2.45) is 13.0 Å². The zero-order chi connectivity index (χ0) is 19.0. The Balaban J connectivity index is 1.85. The topological polar surface area (TPSA) is 99.7 Å². The number of aryl methyl sites for hydroxylation is 2. The van der Waals surface area contributed by atoms with E-state index >= 15 is 0 Å². The van der Waals surface area contributed by atoms with E-state index in [9.17, 15) is 10.1 Å². The molecular weight excluding hydrogens is 330 g/mol. The van der Waals surface area contributed by atoms with Crippen LogP contribution in [0.4, 0.5) is 5.82 Å². The standard InChI is InChI=1S/C18H23N7O/c1-10-11(2)22-23-18(14(10)7-19)20-8-13-6-16(26)24(4)17(13)15-9-21-25(5)12(15)3/h9,13,17H,6,8H2,1-5H3,(H,20,23)/t13-,17+/m0/s1. The summed E-state index contributed by atoms with van der Waals surface area (Å²) in [5.41, 5.74) is 4.17. The Bertz CT molecular complexity index is 896. The SMILES string of the molecule is Cc1nnc(NC[C@@H]2CC(=O)N(C)[C@H]2c2cnn(C)c2C)c(C#N)c1C. The van der Waals surface area contributed by atoms with Crippen molar-refractivity contribution in [1.29, 1.82) is 5.26 Å². The molecule has 0 spiro atoms. The van der Waals surface area contributed by atoms with Crippen LogP contribution in [0, 0.1) is 38.0 Å². The lowest BCUT2D eigenvalue weighted by atomic mass is 9.94. The number of nitrogens with one attached hydrogen (secondary N) is 1. The van der Waals surface area contributed by atoms with Crippen molar-refractivity contribution in [2.45, 2.75) is 33.2 Å². The molecule has 1 N–H and O–H groups in total. The molecule has 0 saturated carbocycles. The molecule has 2 aromatic heterocycles. The molecule has 1 amide bonds. The van der Waals surface area contributed by atoms with Gasteiger partial charge in [-0.25, -0.2) is 0 Å². The van der Waals surface area contributed by atoms with Gasteiger partial charge in [0.15, 0.2) is 5.82 Å². The number of aromatic nitrogens is 4. The number of hydrogen-bond donors (Lipinski definition) is 1. The van der Waals surface area contributed by atoms with Crippen LogP contribution in [0.3, 0.4) is 0 Å². The third-order valence-electron chi connectivity index (χ3n) is 5.38. The minimum Gasteiger partial charge on any atom is -0.367 e. The van der Waals surface area contributed by atoms with Gasteiger partial charge in [-0.2, -0.15) is 15.5 Å². The van der Waals surface area contributed by atoms with E-state index in [1.54, 1.807) is 4.90 Å². The van der Waals surface area contributed by atoms with Crippen LogP contribution in [0.1, 0.15) is 40.5 Å². The fourth-order valence-corrected chi connectivity index (χ4v) is 3.50. The van der Waals surface area contributed by atoms with Gasteiger partial charge in [0.05, 0.1) is 17.9 Å². The summed E-state index contributed by atoms with van der Waals surface area (Å²) in [6, 6.07) is 2.15. The Hall–Kier alpha value is -2.95. The van der Waals surface area contributed by atoms with Gasteiger partial charge in [-0.05, 0) is 26.3 Å². The highest BCUT2D eigenvalue weighted by Gasteiger charge is 2.40. The zero-order valence-corrected chi connectivity index (χ0v) is 15.7. The fraction of sp³-hybridized carbons (Fsp3) is 0.500. The summed E-state index contributed by atoms with van der Waals surface area (Å²) in [7, 11) is 3.72. The number of carbonyl (C=O) groups is 1. The minimum atomic E-state index is -0.0475. The number of likely N-dealkylation sites (tertiary alicyclic amines) is 1. The summed E-state index contributed by atoms with van der Waals surface area (Å²) < 4.78 is 1.82. The Labute approximate surface area is 152 Å². The van der Waals surface area contributed by atoms with Crippen molar-refractivity contribution in [3.63, 3.8) is 0 Å². The van der Waals surface area contributed by atoms with Gasteiger partial charge in [-0.3, -0.25) is 9.48 Å². The quantitative estimate of drug-likeness (QED) is 0.897. The highest BCUT2D eigenvalue weighted by atomic mass is 16.2. The Kier molecular flexibility index (Phi) is 4.64. The highest BCUT2D eigenvalue weighted by molar-refractivity contribution is 5.79. The smallest absolute Gasteiger partial charge is 0.223 e. The number of nitrogens with zero attached hydrogens (tertiary/aromatic N) is 6. The van der Waals surface area contributed by atoms with Gasteiger partial charge >= 0.3 is 0 Å². The molecule has 1 fully saturated rings. The molecular formula is C18H23N7O. The van der Waals surface area contributed by atoms with Crippen LogP contribution in [0.25, 0.3) is 0 Å². The van der Waals surface area contributed by atoms with Crippen LogP contribution < -0.4 is 5.32 Å². The van der Waals surface area contributed by atoms with E-state index in [1.807, 2.05) is 45.7 Å². The maximum atomic E-state index is 12.3. The van der Waals surface area contributed by atoms with E-state index in [1.165, 1.54) is 0 Å². The van der Waals surface area contributed by atoms with Gasteiger partial charge in [-0.1, -0.05) is 0 Å². The Morgan fingerprint density at radius 3 is 2.65 bits per heavy atom. The van der Waals surface area contributed by atoms with Crippen molar-refractivity contribution < 1.29 is 4.79 Å². The predicted molar refractivity (Wildman–Crippen MR) is 96.3 cm³/mol. The average Bonchev–Trinajstić information content (AvgIpc) is 3.08. The van der Waals surface area contributed by atoms with Gasteiger partial charge in [-0.15, -0.1) is 5.10 Å². The van der Waals surface area contributed by atoms with Crippen LogP contribution in [-0.4, -0.2) is 44.4 Å². The first-order chi connectivity index (χ1) is 12.3. The summed E-state index contributed by atoms with van der Waals surface area (Å²) in [5, 5.41) is 25.2. The lowest BCUT2D eigenvalue weighted by Crippen LogP contribution is -2.27.